The van der Waals surface area contributed by atoms with Gasteiger partial charge in [0.1, 0.15) is 5.75 Å². The van der Waals surface area contributed by atoms with E-state index in [1.165, 1.54) is 10.6 Å². The number of ether oxygens (including phenoxy) is 2. The van der Waals surface area contributed by atoms with Crippen LogP contribution in [-0.4, -0.2) is 29.2 Å². The Hall–Kier alpha value is -3.90. The van der Waals surface area contributed by atoms with Gasteiger partial charge >= 0.3 is 0 Å². The van der Waals surface area contributed by atoms with E-state index in [9.17, 15) is 4.79 Å². The Morgan fingerprint density at radius 2 is 1.82 bits per heavy atom. The Kier molecular flexibility index (Phi) is 5.90. The summed E-state index contributed by atoms with van der Waals surface area (Å²) in [7, 11) is 1.59. The molecule has 1 aromatic heterocycles. The van der Waals surface area contributed by atoms with Crippen molar-refractivity contribution in [2.75, 3.05) is 7.11 Å². The van der Waals surface area contributed by atoms with Gasteiger partial charge in [-0.05, 0) is 54.4 Å². The van der Waals surface area contributed by atoms with Crippen LogP contribution in [0.1, 0.15) is 29.2 Å². The number of carbonyl (C=O) groups is 1. The lowest BCUT2D eigenvalue weighted by Gasteiger charge is -2.19. The van der Waals surface area contributed by atoms with Gasteiger partial charge in [0.25, 0.3) is 0 Å². The number of halogens is 1. The molecule has 0 saturated heterocycles. The summed E-state index contributed by atoms with van der Waals surface area (Å²) in [6.45, 7) is 2.04. The first-order chi connectivity index (χ1) is 16.6. The zero-order chi connectivity index (χ0) is 23.7. The summed E-state index contributed by atoms with van der Waals surface area (Å²) in [6.07, 6.45) is 3.05. The fraction of sp³-hybridized carbons (Fsp3) is 0.148. The van der Waals surface area contributed by atoms with E-state index >= 15 is 0 Å². The van der Waals surface area contributed by atoms with Crippen molar-refractivity contribution < 1.29 is 14.3 Å². The summed E-state index contributed by atoms with van der Waals surface area (Å²) in [5, 5.41) is 7.46. The molecule has 0 bridgehead atoms. The van der Waals surface area contributed by atoms with Crippen LogP contribution in [0.25, 0.3) is 10.9 Å². The SMILES string of the molecule is COc1cc(C2CC(c3ccc(C)cc3)=NN2C=O)ccc1Oc1ccnc2cc(Cl)ccc12. The minimum absolute atomic E-state index is 0.222. The molecule has 6 nitrogen and oxygen atoms in total. The second-order valence-corrected chi connectivity index (χ2v) is 8.54. The summed E-state index contributed by atoms with van der Waals surface area (Å²) >= 11 is 6.10. The first-order valence-electron chi connectivity index (χ1n) is 10.8. The van der Waals surface area contributed by atoms with Gasteiger partial charge in [-0.15, -0.1) is 0 Å². The summed E-state index contributed by atoms with van der Waals surface area (Å²) in [5.41, 5.74) is 4.72. The van der Waals surface area contributed by atoms with Gasteiger partial charge in [0, 0.05) is 23.0 Å². The highest BCUT2D eigenvalue weighted by Gasteiger charge is 2.29. The van der Waals surface area contributed by atoms with Crippen molar-refractivity contribution in [1.29, 1.82) is 0 Å². The maximum Gasteiger partial charge on any atom is 0.230 e. The van der Waals surface area contributed by atoms with Gasteiger partial charge in [0.05, 0.1) is 24.4 Å². The van der Waals surface area contributed by atoms with Crippen molar-refractivity contribution in [3.8, 4) is 17.2 Å². The minimum atomic E-state index is -0.222. The molecule has 2 heterocycles. The number of rotatable bonds is 6. The normalized spacial score (nSPS) is 15.3. The van der Waals surface area contributed by atoms with Crippen LogP contribution in [-0.2, 0) is 4.79 Å². The number of fused-ring (bicyclic) bond motifs is 1. The molecule has 7 heteroatoms. The van der Waals surface area contributed by atoms with E-state index in [2.05, 4.69) is 10.1 Å². The third-order valence-corrected chi connectivity index (χ3v) is 6.13. The molecule has 1 amide bonds. The Labute approximate surface area is 202 Å². The predicted molar refractivity (Wildman–Crippen MR) is 133 cm³/mol. The molecular weight excluding hydrogens is 450 g/mol. The second kappa shape index (κ2) is 9.15. The highest BCUT2D eigenvalue weighted by molar-refractivity contribution is 6.31. The lowest BCUT2D eigenvalue weighted by Crippen LogP contribution is -2.17. The second-order valence-electron chi connectivity index (χ2n) is 8.10. The zero-order valence-corrected chi connectivity index (χ0v) is 19.5. The summed E-state index contributed by atoms with van der Waals surface area (Å²) in [4.78, 5) is 16.1. The predicted octanol–water partition coefficient (Wildman–Crippen LogP) is 6.31. The van der Waals surface area contributed by atoms with Crippen molar-refractivity contribution in [2.45, 2.75) is 19.4 Å². The van der Waals surface area contributed by atoms with E-state index in [-0.39, 0.29) is 6.04 Å². The Bertz CT molecular complexity index is 1400. The van der Waals surface area contributed by atoms with Crippen LogP contribution < -0.4 is 9.47 Å². The number of hydrogen-bond donors (Lipinski definition) is 0. The highest BCUT2D eigenvalue weighted by Crippen LogP contribution is 2.39. The maximum absolute atomic E-state index is 11.8. The van der Waals surface area contributed by atoms with Crippen molar-refractivity contribution in [2.24, 2.45) is 5.10 Å². The molecule has 0 fully saturated rings. The number of carbonyl (C=O) groups excluding carboxylic acids is 1. The van der Waals surface area contributed by atoms with E-state index in [0.717, 1.165) is 34.2 Å². The van der Waals surface area contributed by atoms with Gasteiger partial charge in [-0.25, -0.2) is 5.01 Å². The van der Waals surface area contributed by atoms with Crippen LogP contribution in [0.2, 0.25) is 5.02 Å². The quantitative estimate of drug-likeness (QED) is 0.309. The summed E-state index contributed by atoms with van der Waals surface area (Å²) in [6, 6.07) is 20.9. The van der Waals surface area contributed by atoms with Crippen LogP contribution in [0.4, 0.5) is 0 Å². The van der Waals surface area contributed by atoms with Crippen LogP contribution in [0.15, 0.2) is 78.0 Å². The van der Waals surface area contributed by atoms with E-state index in [0.29, 0.717) is 28.7 Å². The minimum Gasteiger partial charge on any atom is -0.493 e. The molecule has 0 aliphatic carbocycles. The number of benzene rings is 3. The maximum atomic E-state index is 11.8. The number of nitrogens with zero attached hydrogens (tertiary/aromatic N) is 3. The lowest BCUT2D eigenvalue weighted by atomic mass is 9.98. The van der Waals surface area contributed by atoms with Gasteiger partial charge in [-0.1, -0.05) is 47.5 Å². The van der Waals surface area contributed by atoms with Crippen molar-refractivity contribution in [3.63, 3.8) is 0 Å². The Balaban J connectivity index is 1.43. The Morgan fingerprint density at radius 1 is 1.00 bits per heavy atom. The van der Waals surface area contributed by atoms with Crippen LogP contribution in [0.3, 0.4) is 0 Å². The number of hydrazone groups is 1. The average molecular weight is 472 g/mol. The standard InChI is InChI=1S/C27H22ClN3O3/c1-17-3-5-18(6-4-17)22-15-24(31(16-32)30-22)19-7-10-26(27(13-19)33-2)34-25-11-12-29-23-14-20(28)8-9-21(23)25/h3-14,16,24H,15H2,1-2H3. The van der Waals surface area contributed by atoms with Crippen LogP contribution >= 0.6 is 11.6 Å². The molecule has 1 atom stereocenters. The van der Waals surface area contributed by atoms with E-state index in [1.807, 2.05) is 55.5 Å². The number of pyridine rings is 1. The van der Waals surface area contributed by atoms with Gasteiger partial charge in [-0.2, -0.15) is 5.10 Å². The molecule has 0 radical (unpaired) electrons. The molecule has 0 saturated carbocycles. The fourth-order valence-corrected chi connectivity index (χ4v) is 4.26. The number of aromatic nitrogens is 1. The number of aryl methyl sites for hydroxylation is 1. The third-order valence-electron chi connectivity index (χ3n) is 5.89. The first kappa shape index (κ1) is 21.9. The Morgan fingerprint density at radius 3 is 2.59 bits per heavy atom. The smallest absolute Gasteiger partial charge is 0.230 e. The largest absolute Gasteiger partial charge is 0.493 e. The molecule has 1 aliphatic rings. The van der Waals surface area contributed by atoms with Crippen LogP contribution in [0.5, 0.6) is 17.2 Å². The fourth-order valence-electron chi connectivity index (χ4n) is 4.09. The van der Waals surface area contributed by atoms with Gasteiger partial charge in [-0.3, -0.25) is 9.78 Å². The molecule has 170 valence electrons. The first-order valence-corrected chi connectivity index (χ1v) is 11.2. The van der Waals surface area contributed by atoms with Gasteiger partial charge < -0.3 is 9.47 Å². The molecule has 0 N–H and O–H groups in total. The summed E-state index contributed by atoms with van der Waals surface area (Å²) in [5.74, 6) is 1.77. The van der Waals surface area contributed by atoms with Crippen LogP contribution in [0, 0.1) is 6.92 Å². The highest BCUT2D eigenvalue weighted by atomic mass is 35.5. The number of methoxy groups -OCH3 is 1. The molecule has 1 unspecified atom stereocenters. The van der Waals surface area contributed by atoms with Crippen molar-refractivity contribution in [1.82, 2.24) is 9.99 Å². The monoisotopic (exact) mass is 471 g/mol. The van der Waals surface area contributed by atoms with Crippen molar-refractivity contribution >= 4 is 34.6 Å². The molecule has 4 aromatic rings. The molecular formula is C27H22ClN3O3. The molecule has 5 rings (SSSR count). The lowest BCUT2D eigenvalue weighted by molar-refractivity contribution is -0.119. The summed E-state index contributed by atoms with van der Waals surface area (Å²) < 4.78 is 11.8. The number of hydrogen-bond acceptors (Lipinski definition) is 5. The number of amides is 1. The van der Waals surface area contributed by atoms with Crippen molar-refractivity contribution in [3.05, 3.63) is 94.6 Å². The molecule has 1 aliphatic heterocycles. The van der Waals surface area contributed by atoms with Gasteiger partial charge in [0.2, 0.25) is 6.41 Å². The molecule has 3 aromatic carbocycles. The van der Waals surface area contributed by atoms with E-state index in [4.69, 9.17) is 21.1 Å². The van der Waals surface area contributed by atoms with E-state index < -0.39 is 0 Å². The average Bonchev–Trinajstić information content (AvgIpc) is 3.29. The zero-order valence-electron chi connectivity index (χ0n) is 18.7. The van der Waals surface area contributed by atoms with E-state index in [1.54, 1.807) is 31.5 Å². The topological polar surface area (TPSA) is 64.0 Å². The third kappa shape index (κ3) is 4.20. The molecule has 34 heavy (non-hydrogen) atoms. The molecule has 0 spiro atoms. The van der Waals surface area contributed by atoms with Gasteiger partial charge in [0.15, 0.2) is 11.5 Å².